The van der Waals surface area contributed by atoms with Crippen LogP contribution in [0.25, 0.3) is 0 Å². The second-order valence-electron chi connectivity index (χ2n) is 3.75. The predicted molar refractivity (Wildman–Crippen MR) is 68.2 cm³/mol. The fourth-order valence-corrected chi connectivity index (χ4v) is 2.81. The van der Waals surface area contributed by atoms with Crippen molar-refractivity contribution < 1.29 is 8.42 Å². The van der Waals surface area contributed by atoms with Crippen molar-refractivity contribution in [2.24, 2.45) is 0 Å². The summed E-state index contributed by atoms with van der Waals surface area (Å²) in [6.45, 7) is 5.28. The van der Waals surface area contributed by atoms with Crippen LogP contribution in [0.2, 0.25) is 0 Å². The van der Waals surface area contributed by atoms with Crippen LogP contribution in [0.15, 0.2) is 43.0 Å². The van der Waals surface area contributed by atoms with Gasteiger partial charge in [0.15, 0.2) is 9.84 Å². The van der Waals surface area contributed by atoms with E-state index < -0.39 is 15.1 Å². The van der Waals surface area contributed by atoms with Crippen LogP contribution >= 0.6 is 0 Å². The van der Waals surface area contributed by atoms with Gasteiger partial charge < -0.3 is 0 Å². The van der Waals surface area contributed by atoms with Crippen molar-refractivity contribution in [3.63, 3.8) is 0 Å². The lowest BCUT2D eigenvalue weighted by Gasteiger charge is -2.12. The van der Waals surface area contributed by atoms with Gasteiger partial charge in [0, 0.05) is 5.75 Å². The molecule has 1 aromatic carbocycles. The molecule has 0 spiro atoms. The first-order chi connectivity index (χ1) is 7.60. The first-order valence-electron chi connectivity index (χ1n) is 5.48. The number of aryl methyl sites for hydroxylation is 1. The highest BCUT2D eigenvalue weighted by Crippen LogP contribution is 2.12. The second-order valence-corrected chi connectivity index (χ2v) is 6.26. The third-order valence-electron chi connectivity index (χ3n) is 2.69. The highest BCUT2D eigenvalue weighted by atomic mass is 32.2. The summed E-state index contributed by atoms with van der Waals surface area (Å²) in [7, 11) is -3.00. The monoisotopic (exact) mass is 238 g/mol. The van der Waals surface area contributed by atoms with Crippen molar-refractivity contribution in [2.75, 3.05) is 5.75 Å². The molecule has 0 aliphatic rings. The van der Waals surface area contributed by atoms with Crippen LogP contribution in [0, 0.1) is 0 Å². The molecule has 0 aliphatic heterocycles. The lowest BCUT2D eigenvalue weighted by Crippen LogP contribution is -2.21. The van der Waals surface area contributed by atoms with E-state index in [1.807, 2.05) is 30.3 Å². The molecule has 0 amide bonds. The molecule has 0 heterocycles. The minimum atomic E-state index is -3.00. The minimum absolute atomic E-state index is 0.179. The first-order valence-corrected chi connectivity index (χ1v) is 7.19. The lowest BCUT2D eigenvalue weighted by atomic mass is 10.1. The molecule has 0 saturated carbocycles. The van der Waals surface area contributed by atoms with Crippen LogP contribution in [0.5, 0.6) is 0 Å². The standard InChI is InChI=1S/C13H18O2S/c1-3-13(16(14,15)4-2)11-10-12-8-6-5-7-9-12/h3,5-9,13H,1,4,10-11H2,2H3. The minimum Gasteiger partial charge on any atom is -0.228 e. The molecule has 16 heavy (non-hydrogen) atoms. The van der Waals surface area contributed by atoms with Gasteiger partial charge in [0.2, 0.25) is 0 Å². The number of sulfone groups is 1. The van der Waals surface area contributed by atoms with Gasteiger partial charge in [0.1, 0.15) is 0 Å². The lowest BCUT2D eigenvalue weighted by molar-refractivity contribution is 0.585. The van der Waals surface area contributed by atoms with Gasteiger partial charge in [-0.05, 0) is 18.4 Å². The van der Waals surface area contributed by atoms with E-state index in [4.69, 9.17) is 0 Å². The van der Waals surface area contributed by atoms with E-state index in [-0.39, 0.29) is 5.75 Å². The average Bonchev–Trinajstić information content (AvgIpc) is 2.31. The van der Waals surface area contributed by atoms with Crippen molar-refractivity contribution in [2.45, 2.75) is 25.0 Å². The molecule has 0 N–H and O–H groups in total. The molecule has 2 nitrogen and oxygen atoms in total. The van der Waals surface area contributed by atoms with E-state index in [2.05, 4.69) is 6.58 Å². The summed E-state index contributed by atoms with van der Waals surface area (Å²) < 4.78 is 23.4. The molecule has 1 unspecified atom stereocenters. The zero-order valence-electron chi connectivity index (χ0n) is 9.59. The molecule has 1 rings (SSSR count). The summed E-state index contributed by atoms with van der Waals surface area (Å²) in [6, 6.07) is 9.91. The van der Waals surface area contributed by atoms with Crippen LogP contribution in [0.4, 0.5) is 0 Å². The SMILES string of the molecule is C=CC(CCc1ccccc1)S(=O)(=O)CC. The van der Waals surface area contributed by atoms with Crippen LogP contribution in [0.3, 0.4) is 0 Å². The number of benzene rings is 1. The maximum absolute atomic E-state index is 11.7. The van der Waals surface area contributed by atoms with Gasteiger partial charge in [-0.2, -0.15) is 0 Å². The predicted octanol–water partition coefficient (Wildman–Crippen LogP) is 2.61. The Kier molecular flexibility index (Phi) is 4.74. The Morgan fingerprint density at radius 1 is 1.31 bits per heavy atom. The zero-order chi connectivity index (χ0) is 12.0. The van der Waals surface area contributed by atoms with E-state index >= 15 is 0 Å². The summed E-state index contributed by atoms with van der Waals surface area (Å²) in [5.41, 5.74) is 1.17. The Morgan fingerprint density at radius 2 is 1.94 bits per heavy atom. The third-order valence-corrected chi connectivity index (χ3v) is 4.84. The molecule has 0 fully saturated rings. The van der Waals surface area contributed by atoms with Crippen molar-refractivity contribution in [3.8, 4) is 0 Å². The molecule has 0 aliphatic carbocycles. The van der Waals surface area contributed by atoms with Gasteiger partial charge in [-0.25, -0.2) is 8.42 Å². The van der Waals surface area contributed by atoms with Crippen molar-refractivity contribution in [3.05, 3.63) is 48.6 Å². The van der Waals surface area contributed by atoms with E-state index in [0.717, 1.165) is 6.42 Å². The Balaban J connectivity index is 2.63. The molecule has 0 bridgehead atoms. The van der Waals surface area contributed by atoms with Gasteiger partial charge in [-0.1, -0.05) is 43.3 Å². The van der Waals surface area contributed by atoms with Gasteiger partial charge >= 0.3 is 0 Å². The number of hydrogen-bond acceptors (Lipinski definition) is 2. The number of hydrogen-bond donors (Lipinski definition) is 0. The van der Waals surface area contributed by atoms with Gasteiger partial charge in [-0.3, -0.25) is 0 Å². The molecule has 0 saturated heterocycles. The van der Waals surface area contributed by atoms with Crippen LogP contribution in [-0.4, -0.2) is 19.4 Å². The molecule has 0 aromatic heterocycles. The maximum atomic E-state index is 11.7. The molecule has 1 atom stereocenters. The number of rotatable bonds is 6. The van der Waals surface area contributed by atoms with Gasteiger partial charge in [0.05, 0.1) is 5.25 Å². The van der Waals surface area contributed by atoms with Gasteiger partial charge in [-0.15, -0.1) is 6.58 Å². The third kappa shape index (κ3) is 3.49. The van der Waals surface area contributed by atoms with Crippen LogP contribution < -0.4 is 0 Å². The summed E-state index contributed by atoms with van der Waals surface area (Å²) in [5, 5.41) is -0.419. The molecule has 0 radical (unpaired) electrons. The smallest absolute Gasteiger partial charge is 0.156 e. The Morgan fingerprint density at radius 3 is 2.44 bits per heavy atom. The molecule has 3 heteroatoms. The summed E-state index contributed by atoms with van der Waals surface area (Å²) in [4.78, 5) is 0. The Bertz CT molecular complexity index is 421. The zero-order valence-corrected chi connectivity index (χ0v) is 10.4. The highest BCUT2D eigenvalue weighted by molar-refractivity contribution is 7.92. The van der Waals surface area contributed by atoms with E-state index in [0.29, 0.717) is 6.42 Å². The summed E-state index contributed by atoms with van der Waals surface area (Å²) in [5.74, 6) is 0.179. The fourth-order valence-electron chi connectivity index (χ4n) is 1.61. The molecule has 88 valence electrons. The van der Waals surface area contributed by atoms with Crippen LogP contribution in [0.1, 0.15) is 18.9 Å². The quantitative estimate of drug-likeness (QED) is 0.714. The summed E-state index contributed by atoms with van der Waals surface area (Å²) >= 11 is 0. The largest absolute Gasteiger partial charge is 0.228 e. The molecule has 1 aromatic rings. The second kappa shape index (κ2) is 5.85. The fraction of sp³-hybridized carbons (Fsp3) is 0.385. The van der Waals surface area contributed by atoms with E-state index in [1.165, 1.54) is 5.56 Å². The average molecular weight is 238 g/mol. The van der Waals surface area contributed by atoms with Crippen molar-refractivity contribution in [1.29, 1.82) is 0 Å². The van der Waals surface area contributed by atoms with E-state index in [9.17, 15) is 8.42 Å². The first kappa shape index (κ1) is 13.0. The Labute approximate surface area is 97.9 Å². The highest BCUT2D eigenvalue weighted by Gasteiger charge is 2.19. The van der Waals surface area contributed by atoms with E-state index in [1.54, 1.807) is 13.0 Å². The van der Waals surface area contributed by atoms with Crippen LogP contribution in [-0.2, 0) is 16.3 Å². The van der Waals surface area contributed by atoms with Gasteiger partial charge in [0.25, 0.3) is 0 Å². The maximum Gasteiger partial charge on any atom is 0.156 e. The summed E-state index contributed by atoms with van der Waals surface area (Å²) in [6.07, 6.45) is 2.93. The normalized spacial score (nSPS) is 13.3. The Hall–Kier alpha value is -1.09. The van der Waals surface area contributed by atoms with Crippen molar-refractivity contribution in [1.82, 2.24) is 0 Å². The molecular weight excluding hydrogens is 220 g/mol. The molecular formula is C13H18O2S. The topological polar surface area (TPSA) is 34.1 Å². The van der Waals surface area contributed by atoms with Crippen molar-refractivity contribution >= 4 is 9.84 Å².